The first kappa shape index (κ1) is 14.8. The molecule has 4 heteroatoms. The van der Waals surface area contributed by atoms with Crippen molar-refractivity contribution < 1.29 is 5.11 Å². The second-order valence-corrected chi connectivity index (χ2v) is 6.02. The van der Waals surface area contributed by atoms with Crippen molar-refractivity contribution in [3.05, 3.63) is 72.7 Å². The molecule has 1 atom stereocenters. The number of hydrogen-bond donors (Lipinski definition) is 1. The number of aryl methyl sites for hydroxylation is 1. The molecule has 120 valence electrons. The molecule has 4 nitrogen and oxygen atoms in total. The van der Waals surface area contributed by atoms with Crippen molar-refractivity contribution in [2.24, 2.45) is 0 Å². The molecule has 4 rings (SSSR count). The number of aliphatic hydroxyl groups is 1. The lowest BCUT2D eigenvalue weighted by Gasteiger charge is -2.11. The summed E-state index contributed by atoms with van der Waals surface area (Å²) in [7, 11) is 0. The van der Waals surface area contributed by atoms with Crippen LogP contribution >= 0.6 is 0 Å². The second-order valence-electron chi connectivity index (χ2n) is 6.02. The van der Waals surface area contributed by atoms with E-state index in [0.717, 1.165) is 46.9 Å². The van der Waals surface area contributed by atoms with Crippen LogP contribution in [0, 0.1) is 0 Å². The van der Waals surface area contributed by atoms with Gasteiger partial charge in [-0.1, -0.05) is 48.5 Å². The number of pyridine rings is 1. The fourth-order valence-corrected chi connectivity index (χ4v) is 3.17. The van der Waals surface area contributed by atoms with Gasteiger partial charge in [-0.05, 0) is 24.5 Å². The summed E-state index contributed by atoms with van der Waals surface area (Å²) in [5.74, 6) is 0. The topological polar surface area (TPSA) is 50.9 Å². The number of benzene rings is 2. The maximum atomic E-state index is 10.3. The van der Waals surface area contributed by atoms with Gasteiger partial charge in [0.2, 0.25) is 0 Å². The maximum absolute atomic E-state index is 10.3. The SMILES string of the molecule is OC(CCCn1cnc2cnc3ccccc3c21)c1ccccc1. The molecule has 0 saturated heterocycles. The van der Waals surface area contributed by atoms with Crippen molar-refractivity contribution in [1.29, 1.82) is 0 Å². The molecule has 0 fully saturated rings. The highest BCUT2D eigenvalue weighted by Crippen LogP contribution is 2.24. The van der Waals surface area contributed by atoms with Crippen LogP contribution in [0.5, 0.6) is 0 Å². The van der Waals surface area contributed by atoms with Gasteiger partial charge < -0.3 is 9.67 Å². The highest BCUT2D eigenvalue weighted by atomic mass is 16.3. The first-order valence-electron chi connectivity index (χ1n) is 8.24. The van der Waals surface area contributed by atoms with Gasteiger partial charge in [0.05, 0.1) is 29.7 Å². The van der Waals surface area contributed by atoms with E-state index in [1.54, 1.807) is 0 Å². The molecule has 2 aromatic heterocycles. The minimum atomic E-state index is -0.417. The fourth-order valence-electron chi connectivity index (χ4n) is 3.17. The first-order valence-corrected chi connectivity index (χ1v) is 8.24. The van der Waals surface area contributed by atoms with Crippen LogP contribution in [0.1, 0.15) is 24.5 Å². The lowest BCUT2D eigenvalue weighted by Crippen LogP contribution is -2.02. The first-order chi connectivity index (χ1) is 11.8. The number of imidazole rings is 1. The minimum Gasteiger partial charge on any atom is -0.388 e. The van der Waals surface area contributed by atoms with Crippen LogP contribution in [0.25, 0.3) is 21.9 Å². The van der Waals surface area contributed by atoms with E-state index in [-0.39, 0.29) is 0 Å². The third-order valence-electron chi connectivity index (χ3n) is 4.41. The largest absolute Gasteiger partial charge is 0.388 e. The quantitative estimate of drug-likeness (QED) is 0.603. The number of nitrogens with zero attached hydrogens (tertiary/aromatic N) is 3. The van der Waals surface area contributed by atoms with Gasteiger partial charge in [0.15, 0.2) is 0 Å². The van der Waals surface area contributed by atoms with Crippen molar-refractivity contribution in [3.8, 4) is 0 Å². The van der Waals surface area contributed by atoms with E-state index in [2.05, 4.69) is 20.6 Å². The Morgan fingerprint density at radius 3 is 2.58 bits per heavy atom. The minimum absolute atomic E-state index is 0.417. The van der Waals surface area contributed by atoms with Crippen molar-refractivity contribution in [2.45, 2.75) is 25.5 Å². The van der Waals surface area contributed by atoms with Crippen LogP contribution in [0.3, 0.4) is 0 Å². The number of rotatable bonds is 5. The van der Waals surface area contributed by atoms with Crippen LogP contribution in [0.15, 0.2) is 67.1 Å². The molecular weight excluding hydrogens is 298 g/mol. The van der Waals surface area contributed by atoms with Crippen LogP contribution < -0.4 is 0 Å². The normalized spacial score (nSPS) is 12.7. The molecular formula is C20H19N3O. The lowest BCUT2D eigenvalue weighted by atomic mass is 10.1. The number of fused-ring (bicyclic) bond motifs is 3. The van der Waals surface area contributed by atoms with Gasteiger partial charge in [-0.25, -0.2) is 4.98 Å². The zero-order valence-electron chi connectivity index (χ0n) is 13.3. The molecule has 1 N–H and O–H groups in total. The zero-order chi connectivity index (χ0) is 16.4. The average molecular weight is 317 g/mol. The fraction of sp³-hybridized carbons (Fsp3) is 0.200. The number of aliphatic hydroxyl groups excluding tert-OH is 1. The summed E-state index contributed by atoms with van der Waals surface area (Å²) >= 11 is 0. The average Bonchev–Trinajstić information content (AvgIpc) is 3.06. The Balaban J connectivity index is 1.54. The summed E-state index contributed by atoms with van der Waals surface area (Å²) in [6.45, 7) is 0.828. The summed E-state index contributed by atoms with van der Waals surface area (Å²) in [4.78, 5) is 8.92. The van der Waals surface area contributed by atoms with E-state index in [9.17, 15) is 5.11 Å². The van der Waals surface area contributed by atoms with Gasteiger partial charge >= 0.3 is 0 Å². The summed E-state index contributed by atoms with van der Waals surface area (Å²) in [6.07, 6.45) is 4.89. The van der Waals surface area contributed by atoms with Crippen LogP contribution in [0.2, 0.25) is 0 Å². The number of hydrogen-bond acceptors (Lipinski definition) is 3. The molecule has 24 heavy (non-hydrogen) atoms. The molecule has 0 aliphatic carbocycles. The summed E-state index contributed by atoms with van der Waals surface area (Å²) < 4.78 is 2.16. The van der Waals surface area contributed by atoms with E-state index in [4.69, 9.17) is 0 Å². The molecule has 0 amide bonds. The Morgan fingerprint density at radius 1 is 0.917 bits per heavy atom. The van der Waals surface area contributed by atoms with Gasteiger partial charge in [0, 0.05) is 11.9 Å². The van der Waals surface area contributed by atoms with Gasteiger partial charge in [0.25, 0.3) is 0 Å². The third-order valence-corrected chi connectivity index (χ3v) is 4.41. The van der Waals surface area contributed by atoms with Crippen LogP contribution in [0.4, 0.5) is 0 Å². The van der Waals surface area contributed by atoms with Gasteiger partial charge in [-0.2, -0.15) is 0 Å². The van der Waals surface area contributed by atoms with E-state index in [1.807, 2.05) is 61.1 Å². The molecule has 0 aliphatic heterocycles. The summed E-state index contributed by atoms with van der Waals surface area (Å²) in [5.41, 5.74) is 3.99. The van der Waals surface area contributed by atoms with E-state index in [0.29, 0.717) is 0 Å². The van der Waals surface area contributed by atoms with Gasteiger partial charge in [0.1, 0.15) is 5.52 Å². The van der Waals surface area contributed by atoms with Crippen molar-refractivity contribution in [1.82, 2.24) is 14.5 Å². The van der Waals surface area contributed by atoms with Crippen molar-refractivity contribution in [2.75, 3.05) is 0 Å². The highest BCUT2D eigenvalue weighted by molar-refractivity contribution is 6.01. The van der Waals surface area contributed by atoms with Gasteiger partial charge in [-0.3, -0.25) is 4.98 Å². The molecule has 0 bridgehead atoms. The molecule has 0 radical (unpaired) electrons. The summed E-state index contributed by atoms with van der Waals surface area (Å²) in [5, 5.41) is 11.4. The zero-order valence-corrected chi connectivity index (χ0v) is 13.3. The second kappa shape index (κ2) is 6.42. The molecule has 1 unspecified atom stereocenters. The monoisotopic (exact) mass is 317 g/mol. The van der Waals surface area contributed by atoms with Crippen molar-refractivity contribution >= 4 is 21.9 Å². The Labute approximate surface area is 140 Å². The molecule has 2 heterocycles. The lowest BCUT2D eigenvalue weighted by molar-refractivity contribution is 0.163. The molecule has 0 saturated carbocycles. The third kappa shape index (κ3) is 2.76. The molecule has 2 aromatic carbocycles. The standard InChI is InChI=1S/C20H19N3O/c24-19(15-7-2-1-3-8-15)11-6-12-23-14-22-18-13-21-17-10-5-4-9-16(17)20(18)23/h1-5,7-10,13-14,19,24H,6,11-12H2. The summed E-state index contributed by atoms with van der Waals surface area (Å²) in [6, 6.07) is 18.0. The highest BCUT2D eigenvalue weighted by Gasteiger charge is 2.10. The van der Waals surface area contributed by atoms with Crippen molar-refractivity contribution in [3.63, 3.8) is 0 Å². The van der Waals surface area contributed by atoms with E-state index < -0.39 is 6.10 Å². The molecule has 0 aliphatic rings. The Morgan fingerprint density at radius 2 is 1.71 bits per heavy atom. The number of para-hydroxylation sites is 1. The molecule has 0 spiro atoms. The molecule has 4 aromatic rings. The predicted octanol–water partition coefficient (Wildman–Crippen LogP) is 4.10. The van der Waals surface area contributed by atoms with Crippen LogP contribution in [-0.2, 0) is 6.54 Å². The Bertz CT molecular complexity index is 962. The smallest absolute Gasteiger partial charge is 0.107 e. The van der Waals surface area contributed by atoms with Crippen LogP contribution in [-0.4, -0.2) is 19.6 Å². The Kier molecular flexibility index (Phi) is 3.97. The van der Waals surface area contributed by atoms with E-state index >= 15 is 0 Å². The number of aromatic nitrogens is 3. The predicted molar refractivity (Wildman–Crippen MR) is 95.7 cm³/mol. The maximum Gasteiger partial charge on any atom is 0.107 e. The van der Waals surface area contributed by atoms with Gasteiger partial charge in [-0.15, -0.1) is 0 Å². The van der Waals surface area contributed by atoms with E-state index in [1.165, 1.54) is 0 Å². The Hall–Kier alpha value is -2.72.